The van der Waals surface area contributed by atoms with Crippen molar-refractivity contribution < 1.29 is 4.79 Å². The molecule has 56 valence electrons. The second-order valence-corrected chi connectivity index (χ2v) is 2.25. The number of aromatic nitrogens is 2. The maximum atomic E-state index is 11.0. The third kappa shape index (κ3) is 0.813. The standard InChI is InChI=1S/C6H5N3O2/c10-4-2-7-5-3(4)1-8-6(11)9-5/h1H,2H2,(H2,7,8,9,11). The van der Waals surface area contributed by atoms with Crippen LogP contribution in [0.5, 0.6) is 0 Å². The number of nitrogens with one attached hydrogen (secondary N) is 2. The Hall–Kier alpha value is -1.65. The lowest BCUT2D eigenvalue weighted by Crippen LogP contribution is -2.10. The maximum absolute atomic E-state index is 11.0. The van der Waals surface area contributed by atoms with Gasteiger partial charge in [0.2, 0.25) is 0 Å². The molecule has 5 heteroatoms. The number of hydrogen-bond donors (Lipinski definition) is 2. The Balaban J connectivity index is 2.68. The smallest absolute Gasteiger partial charge is 0.346 e. The minimum Gasteiger partial charge on any atom is -0.363 e. The summed E-state index contributed by atoms with van der Waals surface area (Å²) >= 11 is 0. The molecule has 11 heavy (non-hydrogen) atoms. The van der Waals surface area contributed by atoms with Gasteiger partial charge in [0.15, 0.2) is 5.78 Å². The summed E-state index contributed by atoms with van der Waals surface area (Å²) in [5.74, 6) is 0.443. The molecule has 0 unspecified atom stereocenters. The number of ketones is 1. The van der Waals surface area contributed by atoms with Crippen molar-refractivity contribution in [2.75, 3.05) is 11.9 Å². The highest BCUT2D eigenvalue weighted by molar-refractivity contribution is 6.06. The number of hydrogen-bond acceptors (Lipinski definition) is 4. The van der Waals surface area contributed by atoms with E-state index in [0.717, 1.165) is 0 Å². The van der Waals surface area contributed by atoms with E-state index < -0.39 is 5.69 Å². The van der Waals surface area contributed by atoms with E-state index in [-0.39, 0.29) is 12.3 Å². The average molecular weight is 151 g/mol. The molecule has 2 N–H and O–H groups in total. The first kappa shape index (κ1) is 6.09. The number of carbonyl (C=O) groups is 1. The fourth-order valence-corrected chi connectivity index (χ4v) is 1.01. The van der Waals surface area contributed by atoms with Crippen LogP contribution < -0.4 is 11.0 Å². The Labute approximate surface area is 61.5 Å². The summed E-state index contributed by atoms with van der Waals surface area (Å²) in [5, 5.41) is 2.75. The van der Waals surface area contributed by atoms with Crippen LogP contribution in [0.2, 0.25) is 0 Å². The predicted molar refractivity (Wildman–Crippen MR) is 37.7 cm³/mol. The molecule has 0 amide bonds. The van der Waals surface area contributed by atoms with Crippen LogP contribution in [0.3, 0.4) is 0 Å². The van der Waals surface area contributed by atoms with Crippen LogP contribution in [0.15, 0.2) is 11.0 Å². The lowest BCUT2D eigenvalue weighted by Gasteiger charge is -1.92. The maximum Gasteiger partial charge on any atom is 0.346 e. The molecule has 2 rings (SSSR count). The van der Waals surface area contributed by atoms with Crippen molar-refractivity contribution in [1.29, 1.82) is 0 Å². The molecule has 0 aromatic carbocycles. The highest BCUT2D eigenvalue weighted by Crippen LogP contribution is 2.14. The quantitative estimate of drug-likeness (QED) is 0.518. The Bertz CT molecular complexity index is 368. The number of H-pyrrole nitrogens is 1. The van der Waals surface area contributed by atoms with Crippen LogP contribution in [0.1, 0.15) is 10.4 Å². The number of anilines is 1. The number of nitrogens with zero attached hydrogens (tertiary/aromatic N) is 1. The first-order valence-electron chi connectivity index (χ1n) is 3.14. The summed E-state index contributed by atoms with van der Waals surface area (Å²) in [5.41, 5.74) is 0.0237. The Morgan fingerprint density at radius 2 is 2.27 bits per heavy atom. The normalized spacial score (nSPS) is 14.4. The van der Waals surface area contributed by atoms with Crippen LogP contribution in [-0.2, 0) is 0 Å². The van der Waals surface area contributed by atoms with Crippen molar-refractivity contribution in [2.45, 2.75) is 0 Å². The molecule has 1 aliphatic rings. The lowest BCUT2D eigenvalue weighted by molar-refractivity contribution is 0.101. The highest BCUT2D eigenvalue weighted by Gasteiger charge is 2.19. The van der Waals surface area contributed by atoms with Crippen molar-refractivity contribution >= 4 is 11.6 Å². The molecule has 0 aliphatic carbocycles. The minimum atomic E-state index is -0.439. The number of carbonyl (C=O) groups excluding carboxylic acids is 1. The van der Waals surface area contributed by atoms with Crippen molar-refractivity contribution in [3.05, 3.63) is 22.2 Å². The fraction of sp³-hybridized carbons (Fsp3) is 0.167. The van der Waals surface area contributed by atoms with Gasteiger partial charge in [-0.05, 0) is 0 Å². The molecule has 0 bridgehead atoms. The summed E-state index contributed by atoms with van der Waals surface area (Å²) in [4.78, 5) is 27.4. The van der Waals surface area contributed by atoms with Gasteiger partial charge in [-0.25, -0.2) is 9.78 Å². The lowest BCUT2D eigenvalue weighted by atomic mass is 10.2. The van der Waals surface area contributed by atoms with Crippen LogP contribution in [0.4, 0.5) is 5.82 Å². The second-order valence-electron chi connectivity index (χ2n) is 2.25. The van der Waals surface area contributed by atoms with Crippen molar-refractivity contribution in [1.82, 2.24) is 9.97 Å². The summed E-state index contributed by atoms with van der Waals surface area (Å²) < 4.78 is 0. The number of rotatable bonds is 0. The number of aromatic amines is 1. The first-order valence-corrected chi connectivity index (χ1v) is 3.14. The van der Waals surface area contributed by atoms with Gasteiger partial charge < -0.3 is 5.32 Å². The van der Waals surface area contributed by atoms with Gasteiger partial charge in [-0.15, -0.1) is 0 Å². The van der Waals surface area contributed by atoms with Gasteiger partial charge in [-0.2, -0.15) is 0 Å². The first-order chi connectivity index (χ1) is 5.27. The zero-order valence-corrected chi connectivity index (χ0v) is 5.55. The molecular formula is C6H5N3O2. The van der Waals surface area contributed by atoms with Crippen molar-refractivity contribution in [3.63, 3.8) is 0 Å². The van der Waals surface area contributed by atoms with E-state index >= 15 is 0 Å². The average Bonchev–Trinajstić information content (AvgIpc) is 2.32. The zero-order valence-electron chi connectivity index (χ0n) is 5.55. The highest BCUT2D eigenvalue weighted by atomic mass is 16.1. The van der Waals surface area contributed by atoms with Gasteiger partial charge >= 0.3 is 5.69 Å². The second kappa shape index (κ2) is 1.91. The van der Waals surface area contributed by atoms with Crippen LogP contribution in [0.25, 0.3) is 0 Å². The molecular weight excluding hydrogens is 146 g/mol. The van der Waals surface area contributed by atoms with E-state index in [2.05, 4.69) is 15.3 Å². The minimum absolute atomic E-state index is 0.0382. The molecule has 1 aromatic rings. The Morgan fingerprint density at radius 3 is 3.09 bits per heavy atom. The van der Waals surface area contributed by atoms with Gasteiger partial charge in [0, 0.05) is 6.20 Å². The molecule has 0 spiro atoms. The van der Waals surface area contributed by atoms with Gasteiger partial charge in [0.05, 0.1) is 12.1 Å². The molecule has 0 saturated heterocycles. The van der Waals surface area contributed by atoms with E-state index in [1.807, 2.05) is 0 Å². The summed E-state index contributed by atoms with van der Waals surface area (Å²) in [6.45, 7) is 0.247. The fourth-order valence-electron chi connectivity index (χ4n) is 1.01. The molecule has 2 heterocycles. The van der Waals surface area contributed by atoms with E-state index in [0.29, 0.717) is 11.4 Å². The molecule has 1 aromatic heterocycles. The van der Waals surface area contributed by atoms with Gasteiger partial charge in [0.25, 0.3) is 0 Å². The predicted octanol–water partition coefficient (Wildman–Crippen LogP) is -0.622. The molecule has 0 atom stereocenters. The van der Waals surface area contributed by atoms with Crippen LogP contribution >= 0.6 is 0 Å². The van der Waals surface area contributed by atoms with Crippen molar-refractivity contribution in [3.8, 4) is 0 Å². The van der Waals surface area contributed by atoms with Gasteiger partial charge in [-0.1, -0.05) is 0 Å². The molecule has 0 radical (unpaired) electrons. The van der Waals surface area contributed by atoms with Gasteiger partial charge in [-0.3, -0.25) is 9.78 Å². The molecule has 0 fully saturated rings. The third-order valence-corrected chi connectivity index (χ3v) is 1.54. The Morgan fingerprint density at radius 1 is 1.45 bits per heavy atom. The van der Waals surface area contributed by atoms with Crippen LogP contribution in [-0.4, -0.2) is 22.3 Å². The SMILES string of the molecule is O=C1CNc2[nH]c(=O)ncc21. The van der Waals surface area contributed by atoms with Crippen molar-refractivity contribution in [2.24, 2.45) is 0 Å². The monoisotopic (exact) mass is 151 g/mol. The van der Waals surface area contributed by atoms with E-state index in [4.69, 9.17) is 0 Å². The zero-order chi connectivity index (χ0) is 7.84. The number of fused-ring (bicyclic) bond motifs is 1. The molecule has 5 nitrogen and oxygen atoms in total. The van der Waals surface area contributed by atoms with Crippen LogP contribution in [0, 0.1) is 0 Å². The molecule has 1 aliphatic heterocycles. The van der Waals surface area contributed by atoms with Gasteiger partial charge in [0.1, 0.15) is 5.82 Å². The Kier molecular flexibility index (Phi) is 1.06. The topological polar surface area (TPSA) is 74.8 Å². The van der Waals surface area contributed by atoms with E-state index in [1.54, 1.807) is 0 Å². The van der Waals surface area contributed by atoms with E-state index in [1.165, 1.54) is 6.20 Å². The summed E-state index contributed by atoms with van der Waals surface area (Å²) in [6, 6.07) is 0. The summed E-state index contributed by atoms with van der Waals surface area (Å²) in [6.07, 6.45) is 1.29. The largest absolute Gasteiger partial charge is 0.363 e. The summed E-state index contributed by atoms with van der Waals surface area (Å²) in [7, 11) is 0. The third-order valence-electron chi connectivity index (χ3n) is 1.54. The molecule has 0 saturated carbocycles. The van der Waals surface area contributed by atoms with E-state index in [9.17, 15) is 9.59 Å². The number of Topliss-reactive ketones (excluding diaryl/α,β-unsaturated/α-hetero) is 1.